The number of alkyl halides is 3. The third-order valence-corrected chi connectivity index (χ3v) is 0.684. The average molecular weight is 156 g/mol. The lowest BCUT2D eigenvalue weighted by Crippen LogP contribution is -2.18. The van der Waals surface area contributed by atoms with Crippen LogP contribution in [0.4, 0.5) is 13.2 Å². The SMILES string of the molecule is CCCC(=O)OC(F)(F)F. The summed E-state index contributed by atoms with van der Waals surface area (Å²) in [6, 6.07) is 0. The van der Waals surface area contributed by atoms with Crippen LogP contribution in [-0.4, -0.2) is 12.3 Å². The highest BCUT2D eigenvalue weighted by Gasteiger charge is 2.33. The van der Waals surface area contributed by atoms with Crippen molar-refractivity contribution in [1.82, 2.24) is 0 Å². The van der Waals surface area contributed by atoms with Gasteiger partial charge in [0.2, 0.25) is 0 Å². The van der Waals surface area contributed by atoms with Crippen LogP contribution in [0.5, 0.6) is 0 Å². The highest BCUT2D eigenvalue weighted by atomic mass is 19.4. The molecule has 0 rings (SSSR count). The van der Waals surface area contributed by atoms with E-state index in [2.05, 4.69) is 4.74 Å². The number of carbonyl (C=O) groups excluding carboxylic acids is 1. The molecule has 0 aromatic heterocycles. The summed E-state index contributed by atoms with van der Waals surface area (Å²) in [6.45, 7) is 1.59. The van der Waals surface area contributed by atoms with E-state index in [0.717, 1.165) is 0 Å². The molecule has 60 valence electrons. The van der Waals surface area contributed by atoms with Crippen molar-refractivity contribution in [2.45, 2.75) is 26.1 Å². The maximum Gasteiger partial charge on any atom is 0.575 e. The molecule has 0 bridgehead atoms. The van der Waals surface area contributed by atoms with Crippen molar-refractivity contribution in [1.29, 1.82) is 0 Å². The minimum absolute atomic E-state index is 0.195. The van der Waals surface area contributed by atoms with Crippen LogP contribution in [-0.2, 0) is 9.53 Å². The quantitative estimate of drug-likeness (QED) is 0.570. The molecule has 0 fully saturated rings. The van der Waals surface area contributed by atoms with E-state index in [1.807, 2.05) is 0 Å². The summed E-state index contributed by atoms with van der Waals surface area (Å²) in [4.78, 5) is 10.1. The normalized spacial score (nSPS) is 11.2. The Morgan fingerprint density at radius 1 is 1.50 bits per heavy atom. The molecule has 0 unspecified atom stereocenters. The summed E-state index contributed by atoms with van der Waals surface area (Å²) in [5.41, 5.74) is 0. The van der Waals surface area contributed by atoms with Crippen LogP contribution in [0.2, 0.25) is 0 Å². The molecule has 0 aliphatic carbocycles. The Bertz CT molecular complexity index is 119. The van der Waals surface area contributed by atoms with E-state index in [0.29, 0.717) is 6.42 Å². The largest absolute Gasteiger partial charge is 0.575 e. The van der Waals surface area contributed by atoms with Gasteiger partial charge in [-0.2, -0.15) is 0 Å². The monoisotopic (exact) mass is 156 g/mol. The molecule has 0 radical (unpaired) electrons. The van der Waals surface area contributed by atoms with Gasteiger partial charge in [0, 0.05) is 6.42 Å². The molecule has 0 spiro atoms. The molecule has 10 heavy (non-hydrogen) atoms. The summed E-state index contributed by atoms with van der Waals surface area (Å²) in [5.74, 6) is -1.23. The predicted molar refractivity (Wildman–Crippen MR) is 27.1 cm³/mol. The van der Waals surface area contributed by atoms with E-state index in [1.165, 1.54) is 0 Å². The summed E-state index contributed by atoms with van der Waals surface area (Å²) in [6.07, 6.45) is -4.67. The number of hydrogen-bond acceptors (Lipinski definition) is 2. The van der Waals surface area contributed by atoms with E-state index >= 15 is 0 Å². The van der Waals surface area contributed by atoms with Gasteiger partial charge in [0.15, 0.2) is 0 Å². The predicted octanol–water partition coefficient (Wildman–Crippen LogP) is 1.85. The Morgan fingerprint density at radius 3 is 2.30 bits per heavy atom. The fourth-order valence-corrected chi connectivity index (χ4v) is 0.384. The van der Waals surface area contributed by atoms with Crippen molar-refractivity contribution in [2.24, 2.45) is 0 Å². The molecule has 0 atom stereocenters. The first-order valence-electron chi connectivity index (χ1n) is 2.74. The molecule has 0 aliphatic heterocycles. The summed E-state index contributed by atoms with van der Waals surface area (Å²) in [7, 11) is 0. The van der Waals surface area contributed by atoms with Gasteiger partial charge >= 0.3 is 12.3 Å². The van der Waals surface area contributed by atoms with Crippen molar-refractivity contribution >= 4 is 5.97 Å². The summed E-state index contributed by atoms with van der Waals surface area (Å²) < 4.78 is 36.6. The lowest BCUT2D eigenvalue weighted by atomic mass is 10.3. The van der Waals surface area contributed by atoms with Crippen molar-refractivity contribution in [3.8, 4) is 0 Å². The van der Waals surface area contributed by atoms with Gasteiger partial charge in [-0.1, -0.05) is 6.92 Å². The topological polar surface area (TPSA) is 26.3 Å². The van der Waals surface area contributed by atoms with E-state index in [4.69, 9.17) is 0 Å². The average Bonchev–Trinajstić information content (AvgIpc) is 1.59. The van der Waals surface area contributed by atoms with E-state index in [9.17, 15) is 18.0 Å². The molecule has 0 N–H and O–H groups in total. The minimum Gasteiger partial charge on any atom is -0.373 e. The Morgan fingerprint density at radius 2 is 2.00 bits per heavy atom. The smallest absolute Gasteiger partial charge is 0.373 e. The number of hydrogen-bond donors (Lipinski definition) is 0. The first kappa shape index (κ1) is 9.26. The van der Waals surface area contributed by atoms with Crippen LogP contribution in [0.3, 0.4) is 0 Å². The number of carbonyl (C=O) groups is 1. The van der Waals surface area contributed by atoms with Crippen molar-refractivity contribution < 1.29 is 22.7 Å². The van der Waals surface area contributed by atoms with Crippen LogP contribution < -0.4 is 0 Å². The first-order chi connectivity index (χ1) is 4.45. The Hall–Kier alpha value is -0.740. The van der Waals surface area contributed by atoms with Crippen molar-refractivity contribution in [3.05, 3.63) is 0 Å². The molecular formula is C5H7F3O2. The first-order valence-corrected chi connectivity index (χ1v) is 2.74. The van der Waals surface area contributed by atoms with E-state index in [-0.39, 0.29) is 6.42 Å². The standard InChI is InChI=1S/C5H7F3O2/c1-2-3-4(9)10-5(6,7)8/h2-3H2,1H3. The Labute approximate surface area is 56.0 Å². The van der Waals surface area contributed by atoms with Gasteiger partial charge in [-0.15, -0.1) is 13.2 Å². The van der Waals surface area contributed by atoms with Crippen LogP contribution in [0, 0.1) is 0 Å². The number of halogens is 3. The van der Waals surface area contributed by atoms with Crippen LogP contribution in [0.1, 0.15) is 19.8 Å². The van der Waals surface area contributed by atoms with Crippen LogP contribution in [0.25, 0.3) is 0 Å². The summed E-state index contributed by atoms with van der Waals surface area (Å²) >= 11 is 0. The molecule has 0 heterocycles. The molecule has 0 aromatic rings. The van der Waals surface area contributed by atoms with E-state index in [1.54, 1.807) is 6.92 Å². The van der Waals surface area contributed by atoms with E-state index < -0.39 is 12.3 Å². The molecule has 0 saturated carbocycles. The van der Waals surface area contributed by atoms with Crippen molar-refractivity contribution in [3.63, 3.8) is 0 Å². The summed E-state index contributed by atoms with van der Waals surface area (Å²) in [5, 5.41) is 0. The molecule has 0 aliphatic rings. The number of ether oxygens (including phenoxy) is 1. The lowest BCUT2D eigenvalue weighted by Gasteiger charge is -2.05. The lowest BCUT2D eigenvalue weighted by molar-refractivity contribution is -0.305. The van der Waals surface area contributed by atoms with Gasteiger partial charge in [-0.25, -0.2) is 0 Å². The Kier molecular flexibility index (Phi) is 3.18. The molecule has 0 aromatic carbocycles. The minimum atomic E-state index is -4.83. The molecule has 0 amide bonds. The third-order valence-electron chi connectivity index (χ3n) is 0.684. The second-order valence-corrected chi connectivity index (χ2v) is 1.67. The van der Waals surface area contributed by atoms with Crippen molar-refractivity contribution in [2.75, 3.05) is 0 Å². The zero-order valence-corrected chi connectivity index (χ0v) is 5.36. The Balaban J connectivity index is 3.58. The van der Waals surface area contributed by atoms with Gasteiger partial charge in [0.25, 0.3) is 0 Å². The van der Waals surface area contributed by atoms with Gasteiger partial charge in [0.1, 0.15) is 0 Å². The van der Waals surface area contributed by atoms with Gasteiger partial charge in [-0.3, -0.25) is 4.79 Å². The number of esters is 1. The molecule has 5 heteroatoms. The van der Waals surface area contributed by atoms with Gasteiger partial charge in [-0.05, 0) is 6.42 Å². The second kappa shape index (κ2) is 3.43. The zero-order valence-electron chi connectivity index (χ0n) is 5.36. The third kappa shape index (κ3) is 5.40. The van der Waals surface area contributed by atoms with Gasteiger partial charge < -0.3 is 4.74 Å². The second-order valence-electron chi connectivity index (χ2n) is 1.67. The molecule has 0 saturated heterocycles. The van der Waals surface area contributed by atoms with Crippen LogP contribution in [0.15, 0.2) is 0 Å². The maximum atomic E-state index is 11.2. The fourth-order valence-electron chi connectivity index (χ4n) is 0.384. The molecular weight excluding hydrogens is 149 g/mol. The highest BCUT2D eigenvalue weighted by molar-refractivity contribution is 5.69. The maximum absolute atomic E-state index is 11.2. The highest BCUT2D eigenvalue weighted by Crippen LogP contribution is 2.17. The molecule has 2 nitrogen and oxygen atoms in total. The van der Waals surface area contributed by atoms with Crippen LogP contribution >= 0.6 is 0 Å². The number of rotatable bonds is 2. The zero-order chi connectivity index (χ0) is 8.20. The fraction of sp³-hybridized carbons (Fsp3) is 0.800. The van der Waals surface area contributed by atoms with Gasteiger partial charge in [0.05, 0.1) is 0 Å².